The number of nitriles is 1. The van der Waals surface area contributed by atoms with E-state index in [1.807, 2.05) is 19.2 Å². The van der Waals surface area contributed by atoms with Gasteiger partial charge in [-0.25, -0.2) is 0 Å². The summed E-state index contributed by atoms with van der Waals surface area (Å²) in [7, 11) is 2.05. The number of hydrogen-bond donors (Lipinski definition) is 0. The van der Waals surface area contributed by atoms with Crippen LogP contribution in [0.5, 0.6) is 0 Å². The molecule has 0 radical (unpaired) electrons. The second-order valence-corrected chi connectivity index (χ2v) is 5.69. The molecule has 0 unspecified atom stereocenters. The lowest BCUT2D eigenvalue weighted by atomic mass is 10.1. The lowest BCUT2D eigenvalue weighted by Gasteiger charge is -2.29. The van der Waals surface area contributed by atoms with E-state index in [-0.39, 0.29) is 6.17 Å². The quantitative estimate of drug-likeness (QED) is 0.786. The normalized spacial score (nSPS) is 16.8. The zero-order valence-electron chi connectivity index (χ0n) is 12.9. The molecular formula is C18H19N3. The van der Waals surface area contributed by atoms with E-state index in [9.17, 15) is 5.26 Å². The van der Waals surface area contributed by atoms with Gasteiger partial charge in [-0.05, 0) is 44.5 Å². The highest BCUT2D eigenvalue weighted by Crippen LogP contribution is 2.45. The maximum absolute atomic E-state index is 9.36. The molecule has 0 bridgehead atoms. The van der Waals surface area contributed by atoms with Gasteiger partial charge >= 0.3 is 0 Å². The minimum atomic E-state index is 0.191. The molecule has 0 aromatic heterocycles. The second kappa shape index (κ2) is 4.82. The molecule has 21 heavy (non-hydrogen) atoms. The molecule has 3 rings (SSSR count). The molecule has 3 nitrogen and oxygen atoms in total. The second-order valence-electron chi connectivity index (χ2n) is 5.69. The molecule has 3 heteroatoms. The van der Waals surface area contributed by atoms with Crippen LogP contribution in [0.2, 0.25) is 0 Å². The number of nitrogens with zero attached hydrogens (tertiary/aromatic N) is 3. The summed E-state index contributed by atoms with van der Waals surface area (Å²) in [4.78, 5) is 4.48. The van der Waals surface area contributed by atoms with Crippen LogP contribution in [0.1, 0.15) is 23.6 Å². The van der Waals surface area contributed by atoms with Crippen LogP contribution in [-0.2, 0) is 0 Å². The first-order valence-corrected chi connectivity index (χ1v) is 7.17. The number of fused-ring (bicyclic) bond motifs is 1. The molecule has 2 aromatic carbocycles. The van der Waals surface area contributed by atoms with Crippen LogP contribution in [0.15, 0.2) is 36.4 Å². The van der Waals surface area contributed by atoms with E-state index in [0.717, 1.165) is 16.9 Å². The molecule has 0 N–H and O–H groups in total. The van der Waals surface area contributed by atoms with Crippen molar-refractivity contribution in [2.24, 2.45) is 0 Å². The summed E-state index contributed by atoms with van der Waals surface area (Å²) in [6.45, 7) is 6.42. The molecule has 0 aliphatic carbocycles. The number of para-hydroxylation sites is 1. The Morgan fingerprint density at radius 2 is 1.86 bits per heavy atom. The molecule has 1 aliphatic rings. The van der Waals surface area contributed by atoms with Crippen molar-refractivity contribution in [3.63, 3.8) is 0 Å². The van der Waals surface area contributed by atoms with Gasteiger partial charge in [-0.15, -0.1) is 0 Å². The number of benzene rings is 2. The monoisotopic (exact) mass is 277 g/mol. The summed E-state index contributed by atoms with van der Waals surface area (Å²) in [6, 6.07) is 14.8. The van der Waals surface area contributed by atoms with Gasteiger partial charge in [0.1, 0.15) is 12.2 Å². The Balaban J connectivity index is 2.21. The van der Waals surface area contributed by atoms with Crippen LogP contribution in [0.3, 0.4) is 0 Å². The Kier molecular flexibility index (Phi) is 3.10. The van der Waals surface area contributed by atoms with Crippen molar-refractivity contribution in [3.8, 4) is 6.07 Å². The lowest BCUT2D eigenvalue weighted by Crippen LogP contribution is -2.36. The smallest absolute Gasteiger partial charge is 0.103 e. The molecular weight excluding hydrogens is 258 g/mol. The largest absolute Gasteiger partial charge is 0.351 e. The van der Waals surface area contributed by atoms with Crippen molar-refractivity contribution < 1.29 is 0 Å². The Morgan fingerprint density at radius 3 is 2.52 bits per heavy atom. The van der Waals surface area contributed by atoms with Gasteiger partial charge in [-0.3, -0.25) is 0 Å². The van der Waals surface area contributed by atoms with Crippen LogP contribution in [-0.4, -0.2) is 13.2 Å². The third kappa shape index (κ3) is 1.95. The van der Waals surface area contributed by atoms with E-state index >= 15 is 0 Å². The summed E-state index contributed by atoms with van der Waals surface area (Å²) in [5.41, 5.74) is 6.58. The Labute approximate surface area is 126 Å². The van der Waals surface area contributed by atoms with Crippen molar-refractivity contribution in [2.75, 3.05) is 16.8 Å². The minimum absolute atomic E-state index is 0.191. The highest BCUT2D eigenvalue weighted by Gasteiger charge is 2.33. The fraction of sp³-hybridized carbons (Fsp3) is 0.278. The van der Waals surface area contributed by atoms with E-state index in [4.69, 9.17) is 0 Å². The van der Waals surface area contributed by atoms with Gasteiger partial charge in [0.25, 0.3) is 0 Å². The van der Waals surface area contributed by atoms with Gasteiger partial charge < -0.3 is 9.80 Å². The standard InChI is InChI=1S/C18H19N3/c1-12-8-9-16(13(2)10-12)21-14(3)20(4)18-15(11-19)6-5-7-17(18)21/h5-10,14H,1-4H3/t14-/m0/s1. The Morgan fingerprint density at radius 1 is 1.10 bits per heavy atom. The van der Waals surface area contributed by atoms with Gasteiger partial charge in [-0.2, -0.15) is 5.26 Å². The van der Waals surface area contributed by atoms with Gasteiger partial charge in [0.15, 0.2) is 0 Å². The molecule has 0 fully saturated rings. The zero-order chi connectivity index (χ0) is 15.1. The van der Waals surface area contributed by atoms with Crippen molar-refractivity contribution in [3.05, 3.63) is 53.1 Å². The van der Waals surface area contributed by atoms with E-state index in [0.29, 0.717) is 0 Å². The predicted molar refractivity (Wildman–Crippen MR) is 87.1 cm³/mol. The number of hydrogen-bond acceptors (Lipinski definition) is 3. The topological polar surface area (TPSA) is 30.3 Å². The number of anilines is 3. The maximum atomic E-state index is 9.36. The molecule has 106 valence electrons. The van der Waals surface area contributed by atoms with Crippen LogP contribution in [0.25, 0.3) is 0 Å². The molecule has 1 atom stereocenters. The van der Waals surface area contributed by atoms with Crippen molar-refractivity contribution in [1.29, 1.82) is 5.26 Å². The highest BCUT2D eigenvalue weighted by molar-refractivity contribution is 5.87. The first-order valence-electron chi connectivity index (χ1n) is 7.17. The van der Waals surface area contributed by atoms with Gasteiger partial charge in [0.2, 0.25) is 0 Å². The third-order valence-corrected chi connectivity index (χ3v) is 4.29. The van der Waals surface area contributed by atoms with Crippen molar-refractivity contribution >= 4 is 17.1 Å². The average Bonchev–Trinajstić information content (AvgIpc) is 2.72. The zero-order valence-corrected chi connectivity index (χ0v) is 12.9. The van der Waals surface area contributed by atoms with Crippen LogP contribution < -0.4 is 9.80 Å². The Hall–Kier alpha value is -2.47. The third-order valence-electron chi connectivity index (χ3n) is 4.29. The van der Waals surface area contributed by atoms with Crippen LogP contribution in [0, 0.1) is 25.2 Å². The summed E-state index contributed by atoms with van der Waals surface area (Å²) < 4.78 is 0. The van der Waals surface area contributed by atoms with E-state index in [2.05, 4.69) is 60.9 Å². The van der Waals surface area contributed by atoms with Crippen molar-refractivity contribution in [1.82, 2.24) is 0 Å². The summed E-state index contributed by atoms with van der Waals surface area (Å²) in [5, 5.41) is 9.36. The van der Waals surface area contributed by atoms with Gasteiger partial charge in [0.05, 0.1) is 16.9 Å². The molecule has 0 saturated carbocycles. The minimum Gasteiger partial charge on any atom is -0.351 e. The van der Waals surface area contributed by atoms with Crippen LogP contribution >= 0.6 is 0 Å². The SMILES string of the molecule is Cc1ccc(N2c3cccc(C#N)c3N(C)[C@@H]2C)c(C)c1. The molecule has 0 amide bonds. The maximum Gasteiger partial charge on any atom is 0.103 e. The van der Waals surface area contributed by atoms with E-state index < -0.39 is 0 Å². The van der Waals surface area contributed by atoms with E-state index in [1.165, 1.54) is 16.8 Å². The molecule has 1 heterocycles. The lowest BCUT2D eigenvalue weighted by molar-refractivity contribution is 0.732. The van der Waals surface area contributed by atoms with Gasteiger partial charge in [0, 0.05) is 12.7 Å². The number of aryl methyl sites for hydroxylation is 2. The van der Waals surface area contributed by atoms with E-state index in [1.54, 1.807) is 0 Å². The fourth-order valence-corrected chi connectivity index (χ4v) is 3.15. The van der Waals surface area contributed by atoms with Crippen molar-refractivity contribution in [2.45, 2.75) is 26.9 Å². The van der Waals surface area contributed by atoms with Crippen LogP contribution in [0.4, 0.5) is 17.1 Å². The van der Waals surface area contributed by atoms with Gasteiger partial charge in [-0.1, -0.05) is 23.8 Å². The fourth-order valence-electron chi connectivity index (χ4n) is 3.15. The number of rotatable bonds is 1. The molecule has 2 aromatic rings. The highest BCUT2D eigenvalue weighted by atomic mass is 15.4. The summed E-state index contributed by atoms with van der Waals surface area (Å²) in [5.74, 6) is 0. The predicted octanol–water partition coefficient (Wildman–Crippen LogP) is 4.11. The summed E-state index contributed by atoms with van der Waals surface area (Å²) >= 11 is 0. The first kappa shape index (κ1) is 13.5. The molecule has 0 saturated heterocycles. The molecule has 0 spiro atoms. The summed E-state index contributed by atoms with van der Waals surface area (Å²) in [6.07, 6.45) is 0.191. The first-order chi connectivity index (χ1) is 10.0. The molecule has 1 aliphatic heterocycles. The average molecular weight is 277 g/mol. The Bertz CT molecular complexity index is 743.